The normalized spacial score (nSPS) is 21.0. The minimum absolute atomic E-state index is 0.0151. The van der Waals surface area contributed by atoms with Gasteiger partial charge >= 0.3 is 0 Å². The molecule has 2 aromatic heterocycles. The van der Waals surface area contributed by atoms with E-state index in [4.69, 9.17) is 27.1 Å². The average Bonchev–Trinajstić information content (AvgIpc) is 3.67. The number of aliphatic imine (C=N–C) groups is 1. The van der Waals surface area contributed by atoms with Crippen LogP contribution in [0.15, 0.2) is 46.0 Å². The van der Waals surface area contributed by atoms with Crippen molar-refractivity contribution in [2.45, 2.75) is 44.9 Å². The minimum atomic E-state index is -0.818. The summed E-state index contributed by atoms with van der Waals surface area (Å²) < 4.78 is 35.9. The number of hydrogen-bond acceptors (Lipinski definition) is 7. The van der Waals surface area contributed by atoms with Crippen LogP contribution in [0.1, 0.15) is 25.5 Å². The summed E-state index contributed by atoms with van der Waals surface area (Å²) in [6.07, 6.45) is 6.31. The maximum atomic E-state index is 14.9. The molecule has 1 aliphatic heterocycles. The maximum Gasteiger partial charge on any atom is 0.277 e. The number of morpholine rings is 1. The van der Waals surface area contributed by atoms with Gasteiger partial charge in [-0.15, -0.1) is 0 Å². The van der Waals surface area contributed by atoms with Gasteiger partial charge in [-0.3, -0.25) is 14.2 Å². The zero-order valence-electron chi connectivity index (χ0n) is 19.8. The van der Waals surface area contributed by atoms with Gasteiger partial charge in [-0.25, -0.2) is 18.7 Å². The molecule has 2 N–H and O–H groups in total. The number of anilines is 1. The molecule has 0 bridgehead atoms. The molecule has 2 fully saturated rings. The summed E-state index contributed by atoms with van der Waals surface area (Å²) in [5.41, 5.74) is 6.63. The molecule has 2 unspecified atom stereocenters. The second kappa shape index (κ2) is 9.59. The average molecular weight is 515 g/mol. The Morgan fingerprint density at radius 3 is 2.75 bits per heavy atom. The van der Waals surface area contributed by atoms with E-state index in [1.807, 2.05) is 11.8 Å². The summed E-state index contributed by atoms with van der Waals surface area (Å²) in [4.78, 5) is 28.6. The van der Waals surface area contributed by atoms with Crippen molar-refractivity contribution in [1.29, 1.82) is 0 Å². The van der Waals surface area contributed by atoms with E-state index < -0.39 is 17.2 Å². The number of hydrogen-bond donors (Lipinski definition) is 1. The summed E-state index contributed by atoms with van der Waals surface area (Å²) in [7, 11) is 0. The number of rotatable bonds is 5. The lowest BCUT2D eigenvalue weighted by atomic mass is 10.1. The number of ether oxygens (including phenoxy) is 1. The smallest absolute Gasteiger partial charge is 0.277 e. The number of nitrogens with zero attached hydrogens (tertiary/aromatic N) is 5. The van der Waals surface area contributed by atoms with Crippen molar-refractivity contribution in [2.75, 3.05) is 18.0 Å². The molecule has 2 aliphatic rings. The highest BCUT2D eigenvalue weighted by Gasteiger charge is 2.30. The molecule has 1 aliphatic carbocycles. The van der Waals surface area contributed by atoms with Gasteiger partial charge in [0.2, 0.25) is 0 Å². The van der Waals surface area contributed by atoms with E-state index in [2.05, 4.69) is 9.98 Å². The maximum absolute atomic E-state index is 14.9. The van der Waals surface area contributed by atoms with Crippen molar-refractivity contribution in [3.05, 3.63) is 68.9 Å². The lowest BCUT2D eigenvalue weighted by Crippen LogP contribution is -2.48. The van der Waals surface area contributed by atoms with Crippen molar-refractivity contribution in [2.24, 2.45) is 10.7 Å². The molecular formula is C25H25ClF2N6O2. The van der Waals surface area contributed by atoms with E-state index >= 15 is 0 Å². The standard InChI is InChI=1S/C25H25ClF2N6O2/c1-13-10-33(11-20(36-13)15(8-29)9-30-17-4-5-17)21-12-34-24(31-14(2)22(26)25(34)35)23(32-21)18-6-3-16(27)7-19(18)28/h3,6-9,12-13,17,20H,4-5,10-11,29H2,1-2H3/b15-8+,30-9?. The fourth-order valence-electron chi connectivity index (χ4n) is 4.20. The second-order valence-corrected chi connectivity index (χ2v) is 9.48. The molecule has 0 spiro atoms. The first-order chi connectivity index (χ1) is 17.2. The largest absolute Gasteiger partial charge is 0.404 e. The Balaban J connectivity index is 1.62. The summed E-state index contributed by atoms with van der Waals surface area (Å²) >= 11 is 6.21. The van der Waals surface area contributed by atoms with E-state index in [9.17, 15) is 13.6 Å². The molecule has 3 aromatic rings. The van der Waals surface area contributed by atoms with Crippen LogP contribution in [0.4, 0.5) is 14.6 Å². The number of aromatic nitrogens is 3. The van der Waals surface area contributed by atoms with Crippen LogP contribution in [0.5, 0.6) is 0 Å². The van der Waals surface area contributed by atoms with Gasteiger partial charge in [0.05, 0.1) is 30.6 Å². The van der Waals surface area contributed by atoms with Crippen molar-refractivity contribution in [1.82, 2.24) is 14.4 Å². The molecular weight excluding hydrogens is 490 g/mol. The Morgan fingerprint density at radius 2 is 2.06 bits per heavy atom. The molecule has 11 heteroatoms. The van der Waals surface area contributed by atoms with Crippen LogP contribution in [0.3, 0.4) is 0 Å². The summed E-state index contributed by atoms with van der Waals surface area (Å²) in [6, 6.07) is 3.52. The van der Waals surface area contributed by atoms with Crippen LogP contribution in [-0.4, -0.2) is 51.9 Å². The summed E-state index contributed by atoms with van der Waals surface area (Å²) in [5, 5.41) is -0.0481. The molecule has 36 heavy (non-hydrogen) atoms. The van der Waals surface area contributed by atoms with E-state index in [0.29, 0.717) is 24.9 Å². The Bertz CT molecular complexity index is 1450. The molecule has 188 valence electrons. The zero-order chi connectivity index (χ0) is 25.6. The first-order valence-electron chi connectivity index (χ1n) is 11.7. The van der Waals surface area contributed by atoms with Crippen LogP contribution in [0, 0.1) is 18.6 Å². The molecule has 0 radical (unpaired) electrons. The predicted molar refractivity (Wildman–Crippen MR) is 135 cm³/mol. The van der Waals surface area contributed by atoms with Crippen LogP contribution in [0.25, 0.3) is 16.9 Å². The molecule has 1 aromatic carbocycles. The zero-order valence-corrected chi connectivity index (χ0v) is 20.5. The van der Waals surface area contributed by atoms with E-state index in [0.717, 1.165) is 30.5 Å². The molecule has 5 rings (SSSR count). The lowest BCUT2D eigenvalue weighted by Gasteiger charge is -2.38. The Kier molecular flexibility index (Phi) is 6.48. The van der Waals surface area contributed by atoms with Gasteiger partial charge in [0.1, 0.15) is 34.3 Å². The SMILES string of the molecule is Cc1nc2c(-c3ccc(F)cc3F)nc(N3CC(C)OC(/C(C=NC4CC4)=C/N)C3)cn2c(=O)c1Cl. The van der Waals surface area contributed by atoms with Gasteiger partial charge in [0.25, 0.3) is 5.56 Å². The molecule has 1 saturated carbocycles. The van der Waals surface area contributed by atoms with Crippen LogP contribution in [0.2, 0.25) is 5.02 Å². The number of fused-ring (bicyclic) bond motifs is 1. The van der Waals surface area contributed by atoms with Crippen LogP contribution >= 0.6 is 11.6 Å². The predicted octanol–water partition coefficient (Wildman–Crippen LogP) is 3.67. The summed E-state index contributed by atoms with van der Waals surface area (Å²) in [6.45, 7) is 4.33. The molecule has 2 atom stereocenters. The van der Waals surface area contributed by atoms with Crippen molar-refractivity contribution in [3.8, 4) is 11.3 Å². The molecule has 1 saturated heterocycles. The highest BCUT2D eigenvalue weighted by atomic mass is 35.5. The number of benzene rings is 1. The first-order valence-corrected chi connectivity index (χ1v) is 12.0. The quantitative estimate of drug-likeness (QED) is 0.522. The Hall–Kier alpha value is -3.37. The Morgan fingerprint density at radius 1 is 1.28 bits per heavy atom. The van der Waals surface area contributed by atoms with Gasteiger partial charge in [-0.2, -0.15) is 0 Å². The second-order valence-electron chi connectivity index (χ2n) is 9.10. The van der Waals surface area contributed by atoms with Gasteiger partial charge in [-0.1, -0.05) is 11.6 Å². The van der Waals surface area contributed by atoms with Crippen molar-refractivity contribution < 1.29 is 13.5 Å². The fourth-order valence-corrected chi connectivity index (χ4v) is 4.33. The fraction of sp³-hybridized carbons (Fsp3) is 0.360. The van der Waals surface area contributed by atoms with E-state index in [1.54, 1.807) is 13.1 Å². The molecule has 0 amide bonds. The van der Waals surface area contributed by atoms with Crippen molar-refractivity contribution in [3.63, 3.8) is 0 Å². The third-order valence-electron chi connectivity index (χ3n) is 6.22. The highest BCUT2D eigenvalue weighted by Crippen LogP contribution is 2.30. The topological polar surface area (TPSA) is 98.1 Å². The van der Waals surface area contributed by atoms with Crippen LogP contribution in [-0.2, 0) is 4.74 Å². The molecule has 8 nitrogen and oxygen atoms in total. The number of halogens is 3. The third kappa shape index (κ3) is 4.70. The van der Waals surface area contributed by atoms with Gasteiger partial charge in [0.15, 0.2) is 5.65 Å². The van der Waals surface area contributed by atoms with Gasteiger partial charge in [-0.05, 0) is 38.8 Å². The highest BCUT2D eigenvalue weighted by molar-refractivity contribution is 6.31. The Labute approximate surface area is 211 Å². The molecule has 3 heterocycles. The van der Waals surface area contributed by atoms with E-state index in [1.165, 1.54) is 22.9 Å². The minimum Gasteiger partial charge on any atom is -0.404 e. The number of nitrogens with two attached hydrogens (primary N) is 1. The first kappa shape index (κ1) is 24.3. The van der Waals surface area contributed by atoms with Crippen molar-refractivity contribution >= 4 is 29.3 Å². The third-order valence-corrected chi connectivity index (χ3v) is 6.66. The monoisotopic (exact) mass is 514 g/mol. The van der Waals surface area contributed by atoms with Gasteiger partial charge in [0, 0.05) is 36.2 Å². The number of aryl methyl sites for hydroxylation is 1. The van der Waals surface area contributed by atoms with Crippen LogP contribution < -0.4 is 16.2 Å². The lowest BCUT2D eigenvalue weighted by molar-refractivity contribution is 0.00689. The summed E-state index contributed by atoms with van der Waals surface area (Å²) in [5.74, 6) is -1.15. The van der Waals surface area contributed by atoms with Gasteiger partial charge < -0.3 is 15.4 Å². The van der Waals surface area contributed by atoms with E-state index in [-0.39, 0.29) is 39.8 Å².